The van der Waals surface area contributed by atoms with Gasteiger partial charge in [-0.3, -0.25) is 4.68 Å². The van der Waals surface area contributed by atoms with Gasteiger partial charge in [-0.05, 0) is 26.2 Å². The van der Waals surface area contributed by atoms with Gasteiger partial charge in [-0.25, -0.2) is 0 Å². The van der Waals surface area contributed by atoms with Crippen LogP contribution in [0.2, 0.25) is 0 Å². The van der Waals surface area contributed by atoms with Gasteiger partial charge in [0.05, 0.1) is 12.1 Å². The van der Waals surface area contributed by atoms with E-state index < -0.39 is 17.7 Å². The second-order valence-corrected chi connectivity index (χ2v) is 6.16. The van der Waals surface area contributed by atoms with Crippen LogP contribution in [-0.2, 0) is 12.6 Å². The van der Waals surface area contributed by atoms with Crippen LogP contribution >= 0.6 is 0 Å². The van der Waals surface area contributed by atoms with Gasteiger partial charge in [0.25, 0.3) is 0 Å². The van der Waals surface area contributed by atoms with Crippen LogP contribution in [0.1, 0.15) is 38.2 Å². The van der Waals surface area contributed by atoms with Crippen molar-refractivity contribution in [1.82, 2.24) is 15.1 Å². The first-order valence-corrected chi connectivity index (χ1v) is 7.20. The van der Waals surface area contributed by atoms with Gasteiger partial charge < -0.3 is 10.4 Å². The van der Waals surface area contributed by atoms with Crippen molar-refractivity contribution < 1.29 is 18.3 Å². The Morgan fingerprint density at radius 3 is 2.71 bits per heavy atom. The molecule has 1 fully saturated rings. The number of aliphatic hydroxyl groups is 1. The first kappa shape index (κ1) is 16.3. The summed E-state index contributed by atoms with van der Waals surface area (Å²) in [5.74, 6) is -1.23. The number of nitrogens with zero attached hydrogens (tertiary/aromatic N) is 2. The topological polar surface area (TPSA) is 50.1 Å². The van der Waals surface area contributed by atoms with Gasteiger partial charge in [-0.15, -0.1) is 0 Å². The molecule has 21 heavy (non-hydrogen) atoms. The summed E-state index contributed by atoms with van der Waals surface area (Å²) in [6, 6.07) is -0.200. The maximum absolute atomic E-state index is 12.8. The van der Waals surface area contributed by atoms with E-state index in [9.17, 15) is 18.3 Å². The number of nitrogens with one attached hydrogen (secondary N) is 1. The lowest BCUT2D eigenvalue weighted by Gasteiger charge is -2.33. The van der Waals surface area contributed by atoms with Gasteiger partial charge in [0, 0.05) is 31.4 Å². The number of alkyl halides is 3. The zero-order valence-electron chi connectivity index (χ0n) is 12.3. The van der Waals surface area contributed by atoms with Gasteiger partial charge in [-0.2, -0.15) is 18.3 Å². The van der Waals surface area contributed by atoms with Crippen LogP contribution in [0, 0.1) is 5.92 Å². The second-order valence-electron chi connectivity index (χ2n) is 6.16. The molecular weight excluding hydrogens is 283 g/mol. The Kier molecular flexibility index (Phi) is 4.63. The summed E-state index contributed by atoms with van der Waals surface area (Å²) in [4.78, 5) is 0. The smallest absolute Gasteiger partial charge is 0.384 e. The van der Waals surface area contributed by atoms with E-state index in [2.05, 4.69) is 10.4 Å². The third kappa shape index (κ3) is 4.20. The molecule has 1 saturated carbocycles. The summed E-state index contributed by atoms with van der Waals surface area (Å²) >= 11 is 0. The minimum Gasteiger partial charge on any atom is -0.384 e. The number of hydrogen-bond acceptors (Lipinski definition) is 3. The molecule has 120 valence electrons. The Morgan fingerprint density at radius 2 is 2.14 bits per heavy atom. The molecule has 0 radical (unpaired) electrons. The molecule has 1 aromatic heterocycles. The minimum absolute atomic E-state index is 0.0899. The van der Waals surface area contributed by atoms with Crippen molar-refractivity contribution in [1.29, 1.82) is 0 Å². The average molecular weight is 305 g/mol. The lowest BCUT2D eigenvalue weighted by Crippen LogP contribution is -2.44. The maximum atomic E-state index is 12.8. The van der Waals surface area contributed by atoms with Gasteiger partial charge in [0.2, 0.25) is 0 Å². The van der Waals surface area contributed by atoms with Gasteiger partial charge in [0.1, 0.15) is 5.60 Å². The molecule has 0 saturated heterocycles. The number of rotatable bonds is 4. The van der Waals surface area contributed by atoms with Crippen LogP contribution in [0.15, 0.2) is 12.4 Å². The fourth-order valence-corrected chi connectivity index (χ4v) is 2.82. The van der Waals surface area contributed by atoms with Crippen molar-refractivity contribution in [3.05, 3.63) is 18.0 Å². The quantitative estimate of drug-likeness (QED) is 0.898. The average Bonchev–Trinajstić information content (AvgIpc) is 2.83. The second kappa shape index (κ2) is 5.96. The van der Waals surface area contributed by atoms with Crippen molar-refractivity contribution in [3.8, 4) is 0 Å². The van der Waals surface area contributed by atoms with Crippen LogP contribution in [0.3, 0.4) is 0 Å². The predicted molar refractivity (Wildman–Crippen MR) is 72.6 cm³/mol. The molecule has 0 spiro atoms. The van der Waals surface area contributed by atoms with E-state index in [4.69, 9.17) is 0 Å². The molecule has 0 bridgehead atoms. The van der Waals surface area contributed by atoms with Crippen molar-refractivity contribution in [2.24, 2.45) is 13.0 Å². The fraction of sp³-hybridized carbons (Fsp3) is 0.786. The number of hydrogen-bond donors (Lipinski definition) is 2. The van der Waals surface area contributed by atoms with E-state index in [-0.39, 0.29) is 25.4 Å². The Bertz CT molecular complexity index is 470. The summed E-state index contributed by atoms with van der Waals surface area (Å²) in [6.45, 7) is 1.86. The Labute approximate surface area is 122 Å². The molecule has 1 aliphatic carbocycles. The van der Waals surface area contributed by atoms with Crippen LogP contribution < -0.4 is 5.32 Å². The van der Waals surface area contributed by atoms with Gasteiger partial charge in [0.15, 0.2) is 0 Å². The van der Waals surface area contributed by atoms with Gasteiger partial charge in [-0.1, -0.05) is 6.42 Å². The first-order valence-electron chi connectivity index (χ1n) is 7.20. The molecular formula is C14H22F3N3O. The SMILES string of the molecule is Cn1cc([C@](C)(O)CN[C@@H]2CCC[C@@H](C(F)(F)F)C2)cn1. The highest BCUT2D eigenvalue weighted by Gasteiger charge is 2.42. The van der Waals surface area contributed by atoms with E-state index in [0.717, 1.165) is 6.42 Å². The van der Waals surface area contributed by atoms with Crippen molar-refractivity contribution in [2.75, 3.05) is 6.54 Å². The number of aryl methyl sites for hydroxylation is 1. The third-order valence-electron chi connectivity index (χ3n) is 4.20. The Balaban J connectivity index is 1.90. The van der Waals surface area contributed by atoms with Crippen molar-refractivity contribution >= 4 is 0 Å². The lowest BCUT2D eigenvalue weighted by atomic mass is 9.85. The van der Waals surface area contributed by atoms with E-state index in [1.807, 2.05) is 0 Å². The largest absolute Gasteiger partial charge is 0.391 e. The van der Waals surface area contributed by atoms with Crippen LogP contribution in [0.4, 0.5) is 13.2 Å². The predicted octanol–water partition coefficient (Wildman–Crippen LogP) is 2.34. The molecule has 1 aromatic rings. The van der Waals surface area contributed by atoms with Crippen molar-refractivity contribution in [3.63, 3.8) is 0 Å². The first-order chi connectivity index (χ1) is 9.68. The zero-order chi connectivity index (χ0) is 15.7. The zero-order valence-corrected chi connectivity index (χ0v) is 12.3. The summed E-state index contributed by atoms with van der Waals surface area (Å²) < 4.78 is 39.9. The summed E-state index contributed by atoms with van der Waals surface area (Å²) in [5, 5.41) is 17.5. The molecule has 4 nitrogen and oxygen atoms in total. The third-order valence-corrected chi connectivity index (χ3v) is 4.20. The van der Waals surface area contributed by atoms with Crippen LogP contribution in [0.25, 0.3) is 0 Å². The monoisotopic (exact) mass is 305 g/mol. The highest BCUT2D eigenvalue weighted by atomic mass is 19.4. The van der Waals surface area contributed by atoms with E-state index >= 15 is 0 Å². The van der Waals surface area contributed by atoms with E-state index in [1.165, 1.54) is 0 Å². The minimum atomic E-state index is -4.12. The molecule has 0 amide bonds. The molecule has 1 heterocycles. The standard InChI is InChI=1S/C14H22F3N3O/c1-13(21,11-7-19-20(2)8-11)9-18-12-5-3-4-10(6-12)14(15,16)17/h7-8,10,12,18,21H,3-6,9H2,1-2H3/t10-,12-,13-/m1/s1. The van der Waals surface area contributed by atoms with E-state index in [1.54, 1.807) is 31.0 Å². The molecule has 2 rings (SSSR count). The van der Waals surface area contributed by atoms with Gasteiger partial charge >= 0.3 is 6.18 Å². The molecule has 2 N–H and O–H groups in total. The maximum Gasteiger partial charge on any atom is 0.391 e. The Hall–Kier alpha value is -1.08. The summed E-state index contributed by atoms with van der Waals surface area (Å²) in [6.07, 6.45) is 0.744. The molecule has 0 aromatic carbocycles. The molecule has 0 unspecified atom stereocenters. The molecule has 1 aliphatic rings. The lowest BCUT2D eigenvalue weighted by molar-refractivity contribution is -0.183. The molecule has 7 heteroatoms. The number of aromatic nitrogens is 2. The van der Waals surface area contributed by atoms with Crippen LogP contribution in [0.5, 0.6) is 0 Å². The normalized spacial score (nSPS) is 26.6. The highest BCUT2D eigenvalue weighted by molar-refractivity contribution is 5.14. The summed E-state index contributed by atoms with van der Waals surface area (Å²) in [5.41, 5.74) is -0.486. The Morgan fingerprint density at radius 1 is 1.43 bits per heavy atom. The highest BCUT2D eigenvalue weighted by Crippen LogP contribution is 2.37. The molecule has 3 atom stereocenters. The van der Waals surface area contributed by atoms with E-state index in [0.29, 0.717) is 12.0 Å². The van der Waals surface area contributed by atoms with Crippen LogP contribution in [-0.4, -0.2) is 33.6 Å². The summed E-state index contributed by atoms with van der Waals surface area (Å²) in [7, 11) is 1.75. The van der Waals surface area contributed by atoms with Crippen molar-refractivity contribution in [2.45, 2.75) is 50.4 Å². The molecule has 0 aliphatic heterocycles. The fourth-order valence-electron chi connectivity index (χ4n) is 2.82. The number of halogens is 3.